The molecular formula is C25H20F2N2O2. The summed E-state index contributed by atoms with van der Waals surface area (Å²) in [6.07, 6.45) is 0. The Labute approximate surface area is 178 Å². The van der Waals surface area contributed by atoms with E-state index >= 15 is 0 Å². The number of benzene rings is 3. The highest BCUT2D eigenvalue weighted by Gasteiger charge is 2.40. The Morgan fingerprint density at radius 2 is 1.48 bits per heavy atom. The summed E-state index contributed by atoms with van der Waals surface area (Å²) in [5.41, 5.74) is 4.19. The molecule has 0 atom stereocenters. The molecule has 4 rings (SSSR count). The molecule has 0 spiro atoms. The summed E-state index contributed by atoms with van der Waals surface area (Å²) in [4.78, 5) is 28.0. The first-order valence-corrected chi connectivity index (χ1v) is 9.76. The van der Waals surface area contributed by atoms with Crippen LogP contribution in [0.1, 0.15) is 22.3 Å². The van der Waals surface area contributed by atoms with Crippen LogP contribution in [0, 0.1) is 32.4 Å². The number of carbonyl (C=O) groups excluding carboxylic acids is 2. The molecule has 31 heavy (non-hydrogen) atoms. The third-order valence-electron chi connectivity index (χ3n) is 5.42. The maximum absolute atomic E-state index is 13.7. The molecule has 0 aromatic heterocycles. The number of halogens is 2. The smallest absolute Gasteiger partial charge is 0.282 e. The van der Waals surface area contributed by atoms with Gasteiger partial charge in [-0.1, -0.05) is 36.4 Å². The third kappa shape index (κ3) is 3.61. The number of hydrogen-bond acceptors (Lipinski definition) is 3. The number of carbonyl (C=O) groups is 2. The summed E-state index contributed by atoms with van der Waals surface area (Å²) >= 11 is 0. The number of amides is 2. The topological polar surface area (TPSA) is 49.4 Å². The van der Waals surface area contributed by atoms with Gasteiger partial charge in [0.1, 0.15) is 5.70 Å². The van der Waals surface area contributed by atoms with Gasteiger partial charge in [-0.05, 0) is 61.2 Å². The summed E-state index contributed by atoms with van der Waals surface area (Å²) in [6, 6.07) is 15.8. The summed E-state index contributed by atoms with van der Waals surface area (Å²) < 4.78 is 27.1. The van der Waals surface area contributed by atoms with Crippen LogP contribution in [-0.2, 0) is 9.59 Å². The minimum absolute atomic E-state index is 0.0162. The van der Waals surface area contributed by atoms with E-state index in [1.54, 1.807) is 18.2 Å². The molecule has 0 aliphatic carbocycles. The van der Waals surface area contributed by atoms with Crippen LogP contribution < -0.4 is 10.2 Å². The van der Waals surface area contributed by atoms with E-state index in [0.717, 1.165) is 33.7 Å². The molecule has 3 aromatic carbocycles. The summed E-state index contributed by atoms with van der Waals surface area (Å²) in [5, 5.41) is 2.85. The van der Waals surface area contributed by atoms with Crippen LogP contribution >= 0.6 is 0 Å². The first kappa shape index (κ1) is 20.5. The van der Waals surface area contributed by atoms with Gasteiger partial charge < -0.3 is 5.32 Å². The minimum atomic E-state index is -1.05. The van der Waals surface area contributed by atoms with Crippen molar-refractivity contribution in [2.24, 2.45) is 0 Å². The summed E-state index contributed by atoms with van der Waals surface area (Å²) in [7, 11) is 0. The van der Waals surface area contributed by atoms with Crippen LogP contribution in [-0.4, -0.2) is 11.8 Å². The quantitative estimate of drug-likeness (QED) is 0.586. The van der Waals surface area contributed by atoms with Crippen molar-refractivity contribution in [3.63, 3.8) is 0 Å². The molecule has 0 saturated carbocycles. The van der Waals surface area contributed by atoms with Crippen molar-refractivity contribution in [2.75, 3.05) is 10.2 Å². The van der Waals surface area contributed by atoms with E-state index in [-0.39, 0.29) is 17.0 Å². The van der Waals surface area contributed by atoms with Gasteiger partial charge in [-0.25, -0.2) is 13.7 Å². The molecule has 0 saturated heterocycles. The number of aryl methyl sites for hydroxylation is 3. The molecule has 1 heterocycles. The van der Waals surface area contributed by atoms with Gasteiger partial charge >= 0.3 is 0 Å². The number of para-hydroxylation sites is 1. The fraction of sp³-hybridized carbons (Fsp3) is 0.120. The summed E-state index contributed by atoms with van der Waals surface area (Å²) in [6.45, 7) is 5.68. The van der Waals surface area contributed by atoms with Crippen molar-refractivity contribution in [2.45, 2.75) is 20.8 Å². The molecule has 156 valence electrons. The van der Waals surface area contributed by atoms with E-state index in [1.165, 1.54) is 6.07 Å². The molecule has 1 aliphatic rings. The molecule has 0 fully saturated rings. The van der Waals surface area contributed by atoms with Crippen LogP contribution in [0.2, 0.25) is 0 Å². The van der Waals surface area contributed by atoms with Crippen LogP contribution in [0.3, 0.4) is 0 Å². The molecule has 1 N–H and O–H groups in total. The normalized spacial score (nSPS) is 13.9. The Hall–Kier alpha value is -3.80. The van der Waals surface area contributed by atoms with Gasteiger partial charge in [0.05, 0.1) is 11.3 Å². The number of nitrogens with one attached hydrogen (secondary N) is 1. The number of hydrogen-bond donors (Lipinski definition) is 1. The highest BCUT2D eigenvalue weighted by molar-refractivity contribution is 6.46. The van der Waals surface area contributed by atoms with Crippen molar-refractivity contribution in [1.82, 2.24) is 0 Å². The van der Waals surface area contributed by atoms with Crippen LogP contribution in [0.15, 0.2) is 66.4 Å². The first-order chi connectivity index (χ1) is 14.8. The second kappa shape index (κ2) is 7.80. The SMILES string of the molecule is Cc1ccc(C2=C(Nc3ccc(F)c(F)c3)C(=O)N(c3ccccc3C)C2=O)cc1C. The molecule has 0 unspecified atom stereocenters. The van der Waals surface area contributed by atoms with Crippen molar-refractivity contribution >= 4 is 28.8 Å². The van der Waals surface area contributed by atoms with E-state index in [4.69, 9.17) is 0 Å². The van der Waals surface area contributed by atoms with Crippen LogP contribution in [0.4, 0.5) is 20.2 Å². The molecule has 4 nitrogen and oxygen atoms in total. The van der Waals surface area contributed by atoms with Crippen molar-refractivity contribution < 1.29 is 18.4 Å². The molecule has 3 aromatic rings. The Morgan fingerprint density at radius 3 is 2.16 bits per heavy atom. The predicted molar refractivity (Wildman–Crippen MR) is 116 cm³/mol. The number of anilines is 2. The monoisotopic (exact) mass is 418 g/mol. The Kier molecular flexibility index (Phi) is 5.15. The standard InChI is InChI=1S/C25H20F2N2O2/c1-14-8-9-17(12-16(14)3)22-23(28-18-10-11-19(26)20(27)13-18)25(31)29(24(22)30)21-7-5-4-6-15(21)2/h4-13,28H,1-3H3. The zero-order valence-electron chi connectivity index (χ0n) is 17.3. The number of nitrogens with zero attached hydrogens (tertiary/aromatic N) is 1. The van der Waals surface area contributed by atoms with Gasteiger partial charge in [-0.2, -0.15) is 0 Å². The largest absolute Gasteiger partial charge is 0.350 e. The molecule has 6 heteroatoms. The highest BCUT2D eigenvalue weighted by atomic mass is 19.2. The lowest BCUT2D eigenvalue weighted by Crippen LogP contribution is -2.33. The fourth-order valence-corrected chi connectivity index (χ4v) is 3.56. The maximum Gasteiger partial charge on any atom is 0.282 e. The van der Waals surface area contributed by atoms with E-state index in [1.807, 2.05) is 45.0 Å². The van der Waals surface area contributed by atoms with E-state index < -0.39 is 23.4 Å². The van der Waals surface area contributed by atoms with Crippen molar-refractivity contribution in [3.05, 3.63) is 100 Å². The van der Waals surface area contributed by atoms with Gasteiger partial charge in [0.2, 0.25) is 0 Å². The van der Waals surface area contributed by atoms with Gasteiger partial charge in [-0.15, -0.1) is 0 Å². The van der Waals surface area contributed by atoms with Crippen LogP contribution in [0.5, 0.6) is 0 Å². The first-order valence-electron chi connectivity index (χ1n) is 9.76. The molecule has 0 radical (unpaired) electrons. The van der Waals surface area contributed by atoms with Crippen molar-refractivity contribution in [1.29, 1.82) is 0 Å². The lowest BCUT2D eigenvalue weighted by molar-refractivity contribution is -0.120. The average Bonchev–Trinajstić information content (AvgIpc) is 2.97. The lowest BCUT2D eigenvalue weighted by atomic mass is 9.99. The van der Waals surface area contributed by atoms with Crippen molar-refractivity contribution in [3.8, 4) is 0 Å². The lowest BCUT2D eigenvalue weighted by Gasteiger charge is -2.17. The fourth-order valence-electron chi connectivity index (χ4n) is 3.56. The molecule has 0 bridgehead atoms. The second-order valence-corrected chi connectivity index (χ2v) is 7.54. The van der Waals surface area contributed by atoms with Gasteiger partial charge in [0.25, 0.3) is 11.8 Å². The molecular weight excluding hydrogens is 398 g/mol. The maximum atomic E-state index is 13.7. The Bertz CT molecular complexity index is 1260. The Morgan fingerprint density at radius 1 is 0.742 bits per heavy atom. The summed E-state index contributed by atoms with van der Waals surface area (Å²) in [5.74, 6) is -3.08. The van der Waals surface area contributed by atoms with Gasteiger partial charge in [0, 0.05) is 11.8 Å². The van der Waals surface area contributed by atoms with Gasteiger partial charge in [0.15, 0.2) is 11.6 Å². The average molecular weight is 418 g/mol. The number of rotatable bonds is 4. The van der Waals surface area contributed by atoms with E-state index in [9.17, 15) is 18.4 Å². The zero-order valence-corrected chi connectivity index (χ0v) is 17.3. The third-order valence-corrected chi connectivity index (χ3v) is 5.42. The predicted octanol–water partition coefficient (Wildman–Crippen LogP) is 5.29. The van der Waals surface area contributed by atoms with Crippen LogP contribution in [0.25, 0.3) is 5.57 Å². The molecule has 2 amide bonds. The highest BCUT2D eigenvalue weighted by Crippen LogP contribution is 2.35. The number of imide groups is 1. The Balaban J connectivity index is 1.87. The zero-order chi connectivity index (χ0) is 22.3. The minimum Gasteiger partial charge on any atom is -0.350 e. The molecule has 1 aliphatic heterocycles. The van der Waals surface area contributed by atoms with E-state index in [0.29, 0.717) is 11.3 Å². The second-order valence-electron chi connectivity index (χ2n) is 7.54. The van der Waals surface area contributed by atoms with E-state index in [2.05, 4.69) is 5.32 Å². The van der Waals surface area contributed by atoms with Gasteiger partial charge in [-0.3, -0.25) is 9.59 Å².